The summed E-state index contributed by atoms with van der Waals surface area (Å²) in [7, 11) is 3.85. The van der Waals surface area contributed by atoms with Crippen LogP contribution in [0.1, 0.15) is 5.56 Å². The lowest BCUT2D eigenvalue weighted by atomic mass is 10.0. The Labute approximate surface area is 112 Å². The summed E-state index contributed by atoms with van der Waals surface area (Å²) in [6.07, 6.45) is 0. The Balaban J connectivity index is 2.14. The lowest BCUT2D eigenvalue weighted by molar-refractivity contribution is 0.779. The predicted molar refractivity (Wildman–Crippen MR) is 80.4 cm³/mol. The van der Waals surface area contributed by atoms with Crippen LogP contribution >= 0.6 is 0 Å². The van der Waals surface area contributed by atoms with Crippen molar-refractivity contribution in [2.45, 2.75) is 6.92 Å². The van der Waals surface area contributed by atoms with Crippen molar-refractivity contribution >= 4 is 16.6 Å². The summed E-state index contributed by atoms with van der Waals surface area (Å²) in [5, 5.41) is 10.0. The van der Waals surface area contributed by atoms with E-state index in [9.17, 15) is 0 Å². The maximum absolute atomic E-state index is 4.41. The van der Waals surface area contributed by atoms with Gasteiger partial charge in [0.05, 0.1) is 5.69 Å². The lowest BCUT2D eigenvalue weighted by Gasteiger charge is -2.05. The molecule has 0 amide bonds. The number of nitrogens with one attached hydrogen (secondary N) is 1. The number of fused-ring (bicyclic) bond motifs is 1. The molecule has 96 valence electrons. The molecule has 3 aromatic rings. The van der Waals surface area contributed by atoms with Gasteiger partial charge in [-0.3, -0.25) is 4.68 Å². The minimum atomic E-state index is 0.890. The van der Waals surface area contributed by atoms with Gasteiger partial charge in [0.25, 0.3) is 0 Å². The monoisotopic (exact) mass is 251 g/mol. The van der Waals surface area contributed by atoms with Gasteiger partial charge in [-0.05, 0) is 23.8 Å². The van der Waals surface area contributed by atoms with E-state index in [0.717, 1.165) is 11.5 Å². The molecule has 0 radical (unpaired) electrons. The van der Waals surface area contributed by atoms with Crippen LogP contribution in [0.5, 0.6) is 0 Å². The van der Waals surface area contributed by atoms with Crippen molar-refractivity contribution in [2.24, 2.45) is 7.05 Å². The predicted octanol–water partition coefficient (Wildman–Crippen LogP) is 3.59. The highest BCUT2D eigenvalue weighted by Crippen LogP contribution is 2.26. The van der Waals surface area contributed by atoms with Gasteiger partial charge in [-0.25, -0.2) is 0 Å². The smallest absolute Gasteiger partial charge is 0.148 e. The molecule has 3 rings (SSSR count). The molecule has 1 heterocycles. The van der Waals surface area contributed by atoms with E-state index < -0.39 is 0 Å². The average molecular weight is 251 g/mol. The molecule has 0 atom stereocenters. The average Bonchev–Trinajstić information content (AvgIpc) is 2.79. The van der Waals surface area contributed by atoms with E-state index in [1.165, 1.54) is 21.9 Å². The molecule has 0 unspecified atom stereocenters. The van der Waals surface area contributed by atoms with Crippen molar-refractivity contribution in [3.63, 3.8) is 0 Å². The number of aryl methyl sites for hydroxylation is 2. The van der Waals surface area contributed by atoms with Crippen LogP contribution in [0.15, 0.2) is 42.5 Å². The molecule has 1 N–H and O–H groups in total. The van der Waals surface area contributed by atoms with Crippen molar-refractivity contribution in [1.82, 2.24) is 9.78 Å². The van der Waals surface area contributed by atoms with Gasteiger partial charge in [0, 0.05) is 25.7 Å². The van der Waals surface area contributed by atoms with Crippen molar-refractivity contribution < 1.29 is 0 Å². The second-order valence-electron chi connectivity index (χ2n) is 4.85. The molecule has 0 aliphatic heterocycles. The molecule has 0 fully saturated rings. The zero-order valence-electron chi connectivity index (χ0n) is 11.4. The van der Waals surface area contributed by atoms with Crippen molar-refractivity contribution in [3.8, 4) is 11.3 Å². The first-order valence-corrected chi connectivity index (χ1v) is 6.40. The molecular formula is C16H17N3. The summed E-state index contributed by atoms with van der Waals surface area (Å²) >= 11 is 0. The van der Waals surface area contributed by atoms with Gasteiger partial charge in [-0.15, -0.1) is 0 Å². The topological polar surface area (TPSA) is 29.9 Å². The summed E-state index contributed by atoms with van der Waals surface area (Å²) in [6.45, 7) is 2.12. The molecular weight excluding hydrogens is 234 g/mol. The number of anilines is 1. The van der Waals surface area contributed by atoms with Gasteiger partial charge in [-0.2, -0.15) is 5.10 Å². The zero-order chi connectivity index (χ0) is 13.4. The Morgan fingerprint density at radius 2 is 1.74 bits per heavy atom. The Bertz CT molecular complexity index is 741. The van der Waals surface area contributed by atoms with Gasteiger partial charge in [0.1, 0.15) is 5.82 Å². The van der Waals surface area contributed by atoms with E-state index in [1.807, 2.05) is 18.8 Å². The highest BCUT2D eigenvalue weighted by atomic mass is 15.3. The quantitative estimate of drug-likeness (QED) is 0.754. The fourth-order valence-electron chi connectivity index (χ4n) is 2.38. The van der Waals surface area contributed by atoms with E-state index in [1.54, 1.807) is 0 Å². The first kappa shape index (κ1) is 11.8. The van der Waals surface area contributed by atoms with Gasteiger partial charge in [0.15, 0.2) is 0 Å². The molecule has 0 bridgehead atoms. The first-order valence-electron chi connectivity index (χ1n) is 6.40. The second kappa shape index (κ2) is 4.43. The van der Waals surface area contributed by atoms with Crippen molar-refractivity contribution in [2.75, 3.05) is 12.4 Å². The Hall–Kier alpha value is -2.29. The molecule has 3 heteroatoms. The highest BCUT2D eigenvalue weighted by Gasteiger charge is 2.07. The molecule has 1 aromatic heterocycles. The van der Waals surface area contributed by atoms with Crippen LogP contribution in [-0.4, -0.2) is 16.8 Å². The Morgan fingerprint density at radius 1 is 1.00 bits per heavy atom. The Morgan fingerprint density at radius 3 is 2.47 bits per heavy atom. The number of benzene rings is 2. The highest BCUT2D eigenvalue weighted by molar-refractivity contribution is 5.87. The normalized spacial score (nSPS) is 10.9. The molecule has 19 heavy (non-hydrogen) atoms. The number of rotatable bonds is 2. The summed E-state index contributed by atoms with van der Waals surface area (Å²) in [4.78, 5) is 0. The van der Waals surface area contributed by atoms with Crippen LogP contribution in [0.25, 0.3) is 22.0 Å². The standard InChI is InChI=1S/C16H17N3/c1-11-4-5-13-9-14(7-6-12(13)8-11)15-10-16(17-2)18-19(15)3/h4-10H,1-3H3,(H,17,18). The van der Waals surface area contributed by atoms with Gasteiger partial charge in [0.2, 0.25) is 0 Å². The largest absolute Gasteiger partial charge is 0.372 e. The summed E-state index contributed by atoms with van der Waals surface area (Å²) in [6, 6.07) is 15.1. The molecule has 0 saturated heterocycles. The Kier molecular flexibility index (Phi) is 2.75. The van der Waals surface area contributed by atoms with Gasteiger partial charge in [-0.1, -0.05) is 35.9 Å². The van der Waals surface area contributed by atoms with Crippen molar-refractivity contribution in [3.05, 3.63) is 48.0 Å². The lowest BCUT2D eigenvalue weighted by Crippen LogP contribution is -1.95. The van der Waals surface area contributed by atoms with E-state index >= 15 is 0 Å². The summed E-state index contributed by atoms with van der Waals surface area (Å²) in [5.74, 6) is 0.890. The number of hydrogen-bond acceptors (Lipinski definition) is 2. The second-order valence-corrected chi connectivity index (χ2v) is 4.85. The maximum atomic E-state index is 4.41. The van der Waals surface area contributed by atoms with Crippen molar-refractivity contribution in [1.29, 1.82) is 0 Å². The van der Waals surface area contributed by atoms with E-state index in [4.69, 9.17) is 0 Å². The number of aromatic nitrogens is 2. The molecule has 0 saturated carbocycles. The zero-order valence-corrected chi connectivity index (χ0v) is 11.4. The van der Waals surface area contributed by atoms with E-state index in [2.05, 4.69) is 59.8 Å². The third-order valence-electron chi connectivity index (χ3n) is 3.43. The van der Waals surface area contributed by atoms with Crippen LogP contribution in [0.2, 0.25) is 0 Å². The molecule has 2 aromatic carbocycles. The van der Waals surface area contributed by atoms with Crippen LogP contribution < -0.4 is 5.32 Å². The van der Waals surface area contributed by atoms with E-state index in [-0.39, 0.29) is 0 Å². The fraction of sp³-hybridized carbons (Fsp3) is 0.188. The number of hydrogen-bond donors (Lipinski definition) is 1. The molecule has 0 aliphatic carbocycles. The van der Waals surface area contributed by atoms with E-state index in [0.29, 0.717) is 0 Å². The third kappa shape index (κ3) is 2.08. The third-order valence-corrected chi connectivity index (χ3v) is 3.43. The van der Waals surface area contributed by atoms with Crippen LogP contribution in [0, 0.1) is 6.92 Å². The summed E-state index contributed by atoms with van der Waals surface area (Å²) in [5.41, 5.74) is 3.60. The van der Waals surface area contributed by atoms with Crippen LogP contribution in [-0.2, 0) is 7.05 Å². The van der Waals surface area contributed by atoms with Gasteiger partial charge < -0.3 is 5.32 Å². The minimum Gasteiger partial charge on any atom is -0.372 e. The SMILES string of the molecule is CNc1cc(-c2ccc3cc(C)ccc3c2)n(C)n1. The van der Waals surface area contributed by atoms with Crippen LogP contribution in [0.4, 0.5) is 5.82 Å². The maximum Gasteiger partial charge on any atom is 0.148 e. The minimum absolute atomic E-state index is 0.890. The first-order chi connectivity index (χ1) is 9.17. The fourth-order valence-corrected chi connectivity index (χ4v) is 2.38. The number of nitrogens with zero attached hydrogens (tertiary/aromatic N) is 2. The summed E-state index contributed by atoms with van der Waals surface area (Å²) < 4.78 is 1.90. The van der Waals surface area contributed by atoms with Gasteiger partial charge >= 0.3 is 0 Å². The molecule has 0 spiro atoms. The molecule has 0 aliphatic rings. The van der Waals surface area contributed by atoms with Crippen LogP contribution in [0.3, 0.4) is 0 Å². The molecule has 3 nitrogen and oxygen atoms in total.